The topological polar surface area (TPSA) is 35.2 Å². The molecule has 0 heterocycles. The Labute approximate surface area is 109 Å². The minimum absolute atomic E-state index is 0.113. The highest BCUT2D eigenvalue weighted by molar-refractivity contribution is 6.32. The fourth-order valence-electron chi connectivity index (χ4n) is 1.95. The zero-order valence-electron chi connectivity index (χ0n) is 10.9. The average molecular weight is 256 g/mol. The Kier molecular flexibility index (Phi) is 5.79. The van der Waals surface area contributed by atoms with E-state index in [9.17, 15) is 0 Å². The van der Waals surface area contributed by atoms with Gasteiger partial charge in [-0.3, -0.25) is 0 Å². The summed E-state index contributed by atoms with van der Waals surface area (Å²) in [4.78, 5) is 0. The van der Waals surface area contributed by atoms with E-state index in [2.05, 4.69) is 13.0 Å². The van der Waals surface area contributed by atoms with Crippen molar-refractivity contribution in [3.8, 4) is 5.75 Å². The fourth-order valence-corrected chi connectivity index (χ4v) is 2.27. The van der Waals surface area contributed by atoms with E-state index in [1.165, 1.54) is 5.56 Å². The number of halogens is 1. The molecule has 1 atom stereocenters. The van der Waals surface area contributed by atoms with Crippen molar-refractivity contribution in [2.24, 2.45) is 5.73 Å². The summed E-state index contributed by atoms with van der Waals surface area (Å²) in [5.41, 5.74) is 8.25. The molecule has 1 aromatic carbocycles. The van der Waals surface area contributed by atoms with Gasteiger partial charge in [-0.25, -0.2) is 0 Å². The SMILES string of the molecule is CCCc1cc(Cl)c(OCC)c(CC(C)N)c1. The summed E-state index contributed by atoms with van der Waals surface area (Å²) in [6.45, 7) is 6.75. The van der Waals surface area contributed by atoms with Gasteiger partial charge in [-0.2, -0.15) is 0 Å². The van der Waals surface area contributed by atoms with Crippen molar-refractivity contribution in [2.45, 2.75) is 46.1 Å². The summed E-state index contributed by atoms with van der Waals surface area (Å²) in [7, 11) is 0. The molecular weight excluding hydrogens is 234 g/mol. The molecule has 0 aliphatic carbocycles. The lowest BCUT2D eigenvalue weighted by molar-refractivity contribution is 0.336. The third-order valence-electron chi connectivity index (χ3n) is 2.55. The zero-order valence-corrected chi connectivity index (χ0v) is 11.7. The van der Waals surface area contributed by atoms with E-state index in [0.29, 0.717) is 11.6 Å². The number of ether oxygens (including phenoxy) is 1. The van der Waals surface area contributed by atoms with E-state index in [4.69, 9.17) is 22.1 Å². The van der Waals surface area contributed by atoms with Crippen molar-refractivity contribution in [3.63, 3.8) is 0 Å². The average Bonchev–Trinajstić information content (AvgIpc) is 2.23. The van der Waals surface area contributed by atoms with Crippen LogP contribution in [0.4, 0.5) is 0 Å². The van der Waals surface area contributed by atoms with Gasteiger partial charge >= 0.3 is 0 Å². The molecule has 0 saturated heterocycles. The normalized spacial score (nSPS) is 12.5. The lowest BCUT2D eigenvalue weighted by Crippen LogP contribution is -2.18. The monoisotopic (exact) mass is 255 g/mol. The quantitative estimate of drug-likeness (QED) is 0.843. The van der Waals surface area contributed by atoms with Crippen molar-refractivity contribution >= 4 is 11.6 Å². The maximum atomic E-state index is 6.27. The highest BCUT2D eigenvalue weighted by Crippen LogP contribution is 2.31. The smallest absolute Gasteiger partial charge is 0.141 e. The number of aryl methyl sites for hydroxylation is 1. The van der Waals surface area contributed by atoms with E-state index in [-0.39, 0.29) is 6.04 Å². The standard InChI is InChI=1S/C14H22ClNO/c1-4-6-11-8-12(7-10(3)16)14(17-5-2)13(15)9-11/h8-10H,4-7,16H2,1-3H3. The first kappa shape index (κ1) is 14.3. The minimum Gasteiger partial charge on any atom is -0.492 e. The molecule has 0 spiro atoms. The Bertz CT molecular complexity index is 363. The summed E-state index contributed by atoms with van der Waals surface area (Å²) in [5.74, 6) is 0.798. The second kappa shape index (κ2) is 6.87. The van der Waals surface area contributed by atoms with E-state index in [1.54, 1.807) is 0 Å². The molecule has 1 unspecified atom stereocenters. The highest BCUT2D eigenvalue weighted by Gasteiger charge is 2.12. The van der Waals surface area contributed by atoms with Gasteiger partial charge in [0.2, 0.25) is 0 Å². The number of hydrogen-bond acceptors (Lipinski definition) is 2. The lowest BCUT2D eigenvalue weighted by Gasteiger charge is -2.15. The van der Waals surface area contributed by atoms with Gasteiger partial charge in [-0.05, 0) is 43.9 Å². The molecule has 0 radical (unpaired) electrons. The van der Waals surface area contributed by atoms with Crippen LogP contribution in [0.25, 0.3) is 0 Å². The fraction of sp³-hybridized carbons (Fsp3) is 0.571. The van der Waals surface area contributed by atoms with E-state index in [0.717, 1.165) is 30.6 Å². The van der Waals surface area contributed by atoms with E-state index in [1.807, 2.05) is 19.9 Å². The minimum atomic E-state index is 0.113. The second-order valence-corrected chi connectivity index (χ2v) is 4.84. The molecule has 0 saturated carbocycles. The zero-order chi connectivity index (χ0) is 12.8. The van der Waals surface area contributed by atoms with Gasteiger partial charge in [0.05, 0.1) is 11.6 Å². The number of benzene rings is 1. The summed E-state index contributed by atoms with van der Waals surface area (Å²) in [6.07, 6.45) is 2.95. The van der Waals surface area contributed by atoms with Crippen molar-refractivity contribution in [1.82, 2.24) is 0 Å². The summed E-state index contributed by atoms with van der Waals surface area (Å²) in [5, 5.41) is 0.702. The molecule has 0 aliphatic rings. The van der Waals surface area contributed by atoms with Crippen molar-refractivity contribution < 1.29 is 4.74 Å². The van der Waals surface area contributed by atoms with Crippen LogP contribution in [0.2, 0.25) is 5.02 Å². The van der Waals surface area contributed by atoms with Gasteiger partial charge in [0, 0.05) is 6.04 Å². The molecule has 96 valence electrons. The molecule has 0 aromatic heterocycles. The largest absolute Gasteiger partial charge is 0.492 e. The van der Waals surface area contributed by atoms with Crippen molar-refractivity contribution in [1.29, 1.82) is 0 Å². The van der Waals surface area contributed by atoms with Crippen LogP contribution in [-0.2, 0) is 12.8 Å². The first-order chi connectivity index (χ1) is 8.08. The van der Waals surface area contributed by atoms with Crippen LogP contribution in [-0.4, -0.2) is 12.6 Å². The predicted molar refractivity (Wildman–Crippen MR) is 74.0 cm³/mol. The lowest BCUT2D eigenvalue weighted by atomic mass is 10.0. The first-order valence-corrected chi connectivity index (χ1v) is 6.65. The van der Waals surface area contributed by atoms with Gasteiger partial charge in [0.1, 0.15) is 5.75 Å². The maximum absolute atomic E-state index is 6.27. The van der Waals surface area contributed by atoms with Gasteiger partial charge in [0.25, 0.3) is 0 Å². The Hall–Kier alpha value is -0.730. The Morgan fingerprint density at radius 3 is 2.59 bits per heavy atom. The Morgan fingerprint density at radius 1 is 1.35 bits per heavy atom. The molecule has 1 aromatic rings. The van der Waals surface area contributed by atoms with Crippen LogP contribution in [0, 0.1) is 0 Å². The van der Waals surface area contributed by atoms with Crippen LogP contribution in [0.5, 0.6) is 5.75 Å². The number of rotatable bonds is 6. The molecule has 0 bridgehead atoms. The molecule has 0 fully saturated rings. The van der Waals surface area contributed by atoms with Crippen LogP contribution >= 0.6 is 11.6 Å². The predicted octanol–water partition coefficient (Wildman–Crippen LogP) is 3.58. The number of hydrogen-bond donors (Lipinski definition) is 1. The van der Waals surface area contributed by atoms with Gasteiger partial charge < -0.3 is 10.5 Å². The van der Waals surface area contributed by atoms with Crippen molar-refractivity contribution in [3.05, 3.63) is 28.3 Å². The van der Waals surface area contributed by atoms with E-state index < -0.39 is 0 Å². The number of nitrogens with two attached hydrogens (primary N) is 1. The van der Waals surface area contributed by atoms with Gasteiger partial charge in [-0.1, -0.05) is 31.0 Å². The van der Waals surface area contributed by atoms with Crippen LogP contribution in [0.15, 0.2) is 12.1 Å². The molecule has 0 aliphatic heterocycles. The maximum Gasteiger partial charge on any atom is 0.141 e. The molecule has 1 rings (SSSR count). The molecule has 0 amide bonds. The van der Waals surface area contributed by atoms with Crippen LogP contribution in [0.1, 0.15) is 38.3 Å². The first-order valence-electron chi connectivity index (χ1n) is 6.28. The molecule has 3 heteroatoms. The second-order valence-electron chi connectivity index (χ2n) is 4.43. The molecule has 2 nitrogen and oxygen atoms in total. The highest BCUT2D eigenvalue weighted by atomic mass is 35.5. The summed E-state index contributed by atoms with van der Waals surface area (Å²) >= 11 is 6.27. The molecule has 2 N–H and O–H groups in total. The Morgan fingerprint density at radius 2 is 2.06 bits per heavy atom. The summed E-state index contributed by atoms with van der Waals surface area (Å²) < 4.78 is 5.61. The molecular formula is C14H22ClNO. The van der Waals surface area contributed by atoms with Crippen LogP contribution < -0.4 is 10.5 Å². The van der Waals surface area contributed by atoms with Crippen LogP contribution in [0.3, 0.4) is 0 Å². The third-order valence-corrected chi connectivity index (χ3v) is 2.83. The van der Waals surface area contributed by atoms with E-state index >= 15 is 0 Å². The molecule has 17 heavy (non-hydrogen) atoms. The van der Waals surface area contributed by atoms with Gasteiger partial charge in [-0.15, -0.1) is 0 Å². The third kappa shape index (κ3) is 4.21. The van der Waals surface area contributed by atoms with Crippen molar-refractivity contribution in [2.75, 3.05) is 6.61 Å². The summed E-state index contributed by atoms with van der Waals surface area (Å²) in [6, 6.07) is 4.28. The Balaban J connectivity index is 3.09. The van der Waals surface area contributed by atoms with Gasteiger partial charge in [0.15, 0.2) is 0 Å².